The molecule has 0 aliphatic heterocycles. The highest BCUT2D eigenvalue weighted by Gasteiger charge is 2.28. The summed E-state index contributed by atoms with van der Waals surface area (Å²) in [6, 6.07) is 0. The quantitative estimate of drug-likeness (QED) is 0.854. The van der Waals surface area contributed by atoms with Crippen molar-refractivity contribution in [1.82, 2.24) is 4.98 Å². The van der Waals surface area contributed by atoms with E-state index in [1.807, 2.05) is 0 Å². The minimum Gasteiger partial charge on any atom is -0.480 e. The Morgan fingerprint density at radius 2 is 2.27 bits per heavy atom. The van der Waals surface area contributed by atoms with Gasteiger partial charge in [0, 0.05) is 11.1 Å². The van der Waals surface area contributed by atoms with E-state index in [0.717, 1.165) is 12.6 Å². The SMILES string of the molecule is Cc1csc(CS(=O)(=O)C(C)C(=O)O)n1. The highest BCUT2D eigenvalue weighted by atomic mass is 32.2. The summed E-state index contributed by atoms with van der Waals surface area (Å²) < 4.78 is 23.1. The van der Waals surface area contributed by atoms with Crippen LogP contribution in [0.2, 0.25) is 0 Å². The molecule has 1 aromatic rings. The number of carboxylic acids is 1. The van der Waals surface area contributed by atoms with Crippen molar-refractivity contribution in [2.75, 3.05) is 0 Å². The number of hydrogen-bond donors (Lipinski definition) is 1. The van der Waals surface area contributed by atoms with Crippen molar-refractivity contribution in [3.8, 4) is 0 Å². The van der Waals surface area contributed by atoms with Gasteiger partial charge in [-0.3, -0.25) is 4.79 Å². The van der Waals surface area contributed by atoms with Gasteiger partial charge < -0.3 is 5.11 Å². The van der Waals surface area contributed by atoms with Crippen LogP contribution in [0.15, 0.2) is 5.38 Å². The van der Waals surface area contributed by atoms with Gasteiger partial charge in [-0.1, -0.05) is 0 Å². The van der Waals surface area contributed by atoms with Crippen molar-refractivity contribution in [3.63, 3.8) is 0 Å². The van der Waals surface area contributed by atoms with Crippen LogP contribution in [0.25, 0.3) is 0 Å². The van der Waals surface area contributed by atoms with E-state index >= 15 is 0 Å². The number of carboxylic acid groups (broad SMARTS) is 1. The molecule has 0 bridgehead atoms. The van der Waals surface area contributed by atoms with E-state index in [1.165, 1.54) is 11.3 Å². The molecule has 0 saturated heterocycles. The molecule has 1 atom stereocenters. The predicted molar refractivity (Wildman–Crippen MR) is 56.6 cm³/mol. The molecule has 1 aromatic heterocycles. The maximum atomic E-state index is 11.5. The molecule has 1 heterocycles. The van der Waals surface area contributed by atoms with Crippen molar-refractivity contribution in [2.45, 2.75) is 24.9 Å². The Morgan fingerprint density at radius 1 is 1.67 bits per heavy atom. The van der Waals surface area contributed by atoms with Gasteiger partial charge in [-0.25, -0.2) is 13.4 Å². The topological polar surface area (TPSA) is 84.3 Å². The minimum absolute atomic E-state index is 0.307. The second kappa shape index (κ2) is 4.28. The molecule has 1 N–H and O–H groups in total. The zero-order valence-electron chi connectivity index (χ0n) is 8.30. The Hall–Kier alpha value is -0.950. The highest BCUT2D eigenvalue weighted by molar-refractivity contribution is 7.92. The minimum atomic E-state index is -3.65. The molecule has 0 amide bonds. The first-order chi connectivity index (χ1) is 6.83. The summed E-state index contributed by atoms with van der Waals surface area (Å²) in [4.78, 5) is 14.5. The van der Waals surface area contributed by atoms with E-state index in [4.69, 9.17) is 5.11 Å². The van der Waals surface area contributed by atoms with Crippen LogP contribution in [0.3, 0.4) is 0 Å². The van der Waals surface area contributed by atoms with Crippen LogP contribution in [-0.4, -0.2) is 29.7 Å². The molecular formula is C8H11NO4S2. The van der Waals surface area contributed by atoms with Crippen LogP contribution < -0.4 is 0 Å². The van der Waals surface area contributed by atoms with Gasteiger partial charge in [-0.2, -0.15) is 0 Å². The van der Waals surface area contributed by atoms with Gasteiger partial charge in [-0.05, 0) is 13.8 Å². The van der Waals surface area contributed by atoms with Gasteiger partial charge in [-0.15, -0.1) is 11.3 Å². The number of rotatable bonds is 4. The lowest BCUT2D eigenvalue weighted by molar-refractivity contribution is -0.136. The average Bonchev–Trinajstić information content (AvgIpc) is 2.48. The maximum absolute atomic E-state index is 11.5. The van der Waals surface area contributed by atoms with Crippen LogP contribution in [0, 0.1) is 6.92 Å². The third-order valence-electron chi connectivity index (χ3n) is 1.88. The number of carbonyl (C=O) groups is 1. The van der Waals surface area contributed by atoms with Gasteiger partial charge in [0.25, 0.3) is 0 Å². The van der Waals surface area contributed by atoms with Crippen LogP contribution in [0.1, 0.15) is 17.6 Å². The molecule has 0 fully saturated rings. The van der Waals surface area contributed by atoms with Gasteiger partial charge in [0.2, 0.25) is 0 Å². The Balaban J connectivity index is 2.86. The summed E-state index contributed by atoms with van der Waals surface area (Å²) in [5.74, 6) is -1.64. The predicted octanol–water partition coefficient (Wildman–Crippen LogP) is 0.839. The summed E-state index contributed by atoms with van der Waals surface area (Å²) in [6.45, 7) is 2.92. The Kier molecular flexibility index (Phi) is 3.46. The monoisotopic (exact) mass is 249 g/mol. The number of aryl methyl sites for hydroxylation is 1. The number of sulfone groups is 1. The zero-order chi connectivity index (χ0) is 11.6. The molecule has 5 nitrogen and oxygen atoms in total. The molecule has 15 heavy (non-hydrogen) atoms. The van der Waals surface area contributed by atoms with Crippen molar-refractivity contribution < 1.29 is 18.3 Å². The zero-order valence-corrected chi connectivity index (χ0v) is 9.93. The van der Waals surface area contributed by atoms with Crippen LogP contribution >= 0.6 is 11.3 Å². The normalized spacial score (nSPS) is 13.7. The average molecular weight is 249 g/mol. The molecule has 0 aliphatic carbocycles. The van der Waals surface area contributed by atoms with E-state index in [9.17, 15) is 13.2 Å². The smallest absolute Gasteiger partial charge is 0.321 e. The molecule has 7 heteroatoms. The second-order valence-corrected chi connectivity index (χ2v) is 6.43. The van der Waals surface area contributed by atoms with Crippen molar-refractivity contribution >= 4 is 27.1 Å². The lowest BCUT2D eigenvalue weighted by atomic mass is 10.5. The van der Waals surface area contributed by atoms with Crippen molar-refractivity contribution in [1.29, 1.82) is 0 Å². The van der Waals surface area contributed by atoms with E-state index in [1.54, 1.807) is 12.3 Å². The fourth-order valence-corrected chi connectivity index (χ4v) is 3.21. The summed E-state index contributed by atoms with van der Waals surface area (Å²) in [6.07, 6.45) is 0. The first-order valence-electron chi connectivity index (χ1n) is 4.18. The van der Waals surface area contributed by atoms with Gasteiger partial charge >= 0.3 is 5.97 Å². The second-order valence-electron chi connectivity index (χ2n) is 3.17. The lowest BCUT2D eigenvalue weighted by Gasteiger charge is -2.05. The summed E-state index contributed by atoms with van der Waals surface area (Å²) in [5, 5.41) is 9.38. The molecule has 0 aliphatic rings. The molecule has 0 spiro atoms. The summed E-state index contributed by atoms with van der Waals surface area (Å²) in [7, 11) is -3.65. The number of aliphatic carboxylic acids is 1. The van der Waals surface area contributed by atoms with Crippen molar-refractivity contribution in [3.05, 3.63) is 16.1 Å². The fraction of sp³-hybridized carbons (Fsp3) is 0.500. The first kappa shape index (κ1) is 12.1. The van der Waals surface area contributed by atoms with E-state index in [0.29, 0.717) is 5.01 Å². The third-order valence-corrected chi connectivity index (χ3v) is 4.98. The number of aromatic nitrogens is 1. The molecule has 0 aromatic carbocycles. The molecule has 84 valence electrons. The Bertz CT molecular complexity index is 463. The number of thiazole rings is 1. The summed E-state index contributed by atoms with van der Waals surface area (Å²) in [5.41, 5.74) is 0.744. The van der Waals surface area contributed by atoms with Gasteiger partial charge in [0.1, 0.15) is 10.8 Å². The van der Waals surface area contributed by atoms with Crippen molar-refractivity contribution in [2.24, 2.45) is 0 Å². The fourth-order valence-electron chi connectivity index (χ4n) is 0.920. The number of hydrogen-bond acceptors (Lipinski definition) is 5. The van der Waals surface area contributed by atoms with E-state index in [2.05, 4.69) is 4.98 Å². The summed E-state index contributed by atoms with van der Waals surface area (Å²) >= 11 is 1.22. The van der Waals surface area contributed by atoms with Crippen LogP contribution in [-0.2, 0) is 20.4 Å². The molecule has 1 rings (SSSR count). The standard InChI is InChI=1S/C8H11NO4S2/c1-5-3-14-7(9-5)4-15(12,13)6(2)8(10)11/h3,6H,4H2,1-2H3,(H,10,11). The maximum Gasteiger partial charge on any atom is 0.321 e. The highest BCUT2D eigenvalue weighted by Crippen LogP contribution is 2.15. The lowest BCUT2D eigenvalue weighted by Crippen LogP contribution is -2.28. The third kappa shape index (κ3) is 3.00. The van der Waals surface area contributed by atoms with E-state index in [-0.39, 0.29) is 5.75 Å². The largest absolute Gasteiger partial charge is 0.480 e. The Labute approximate surface area is 91.7 Å². The van der Waals surface area contributed by atoms with Gasteiger partial charge in [0.15, 0.2) is 15.1 Å². The van der Waals surface area contributed by atoms with Gasteiger partial charge in [0.05, 0.1) is 0 Å². The van der Waals surface area contributed by atoms with Crippen LogP contribution in [0.5, 0.6) is 0 Å². The van der Waals surface area contributed by atoms with E-state index < -0.39 is 21.1 Å². The molecule has 0 radical (unpaired) electrons. The number of nitrogens with zero attached hydrogens (tertiary/aromatic N) is 1. The molecule has 1 unspecified atom stereocenters. The first-order valence-corrected chi connectivity index (χ1v) is 6.78. The molecular weight excluding hydrogens is 238 g/mol. The van der Waals surface area contributed by atoms with Crippen LogP contribution in [0.4, 0.5) is 0 Å². The molecule has 0 saturated carbocycles. The Morgan fingerprint density at radius 3 is 2.67 bits per heavy atom.